The zero-order chi connectivity index (χ0) is 14.5. The zero-order valence-corrected chi connectivity index (χ0v) is 12.1. The summed E-state index contributed by atoms with van der Waals surface area (Å²) in [4.78, 5) is 13.2. The van der Waals surface area contributed by atoms with Crippen LogP contribution in [0.25, 0.3) is 5.76 Å². The van der Waals surface area contributed by atoms with Crippen LogP contribution in [0.2, 0.25) is 0 Å². The fraction of sp³-hybridized carbons (Fsp3) is 0.467. The maximum Gasteiger partial charge on any atom is 0.189 e. The molecule has 1 N–H and O–H groups in total. The standard InChI is InChI=1S/C15H20N2O3/c1-16-8-5-9-17-12-7-4-6-11(10-18)13(12)14(19-2)15(17)20-3/h4,6-7,15-16H,5,8-9H2,1-3H3. The van der Waals surface area contributed by atoms with Gasteiger partial charge in [-0.3, -0.25) is 0 Å². The maximum absolute atomic E-state index is 11.1. The highest BCUT2D eigenvalue weighted by Gasteiger charge is 2.32. The lowest BCUT2D eigenvalue weighted by Gasteiger charge is -2.27. The summed E-state index contributed by atoms with van der Waals surface area (Å²) in [5, 5.41) is 4.43. The summed E-state index contributed by atoms with van der Waals surface area (Å²) in [5.74, 6) is 2.65. The fourth-order valence-electron chi connectivity index (χ4n) is 2.62. The lowest BCUT2D eigenvalue weighted by molar-refractivity contribution is 0.116. The summed E-state index contributed by atoms with van der Waals surface area (Å²) in [6.07, 6.45) is 0.684. The largest absolute Gasteiger partial charge is 0.496 e. The van der Waals surface area contributed by atoms with E-state index in [0.29, 0.717) is 11.0 Å². The van der Waals surface area contributed by atoms with Crippen LogP contribution in [0.1, 0.15) is 6.42 Å². The molecule has 0 radical (unpaired) electrons. The monoisotopic (exact) mass is 276 g/mol. The summed E-state index contributed by atoms with van der Waals surface area (Å²) >= 11 is 0. The average molecular weight is 276 g/mol. The SMILES string of the molecule is CNCCCN1c2cccc(=C=O)c2=C(OC)C1OC. The highest BCUT2D eigenvalue weighted by molar-refractivity contribution is 5.69. The molecule has 1 aromatic rings. The first kappa shape index (κ1) is 14.6. The Morgan fingerprint density at radius 1 is 1.40 bits per heavy atom. The highest BCUT2D eigenvalue weighted by Crippen LogP contribution is 2.25. The Balaban J connectivity index is 2.50. The third-order valence-corrected chi connectivity index (χ3v) is 3.48. The quantitative estimate of drug-likeness (QED) is 0.700. The number of nitrogens with one attached hydrogen (secondary N) is 1. The Labute approximate surface area is 118 Å². The summed E-state index contributed by atoms with van der Waals surface area (Å²) < 4.78 is 11.0. The van der Waals surface area contributed by atoms with Gasteiger partial charge in [-0.1, -0.05) is 6.07 Å². The molecule has 0 bridgehead atoms. The van der Waals surface area contributed by atoms with Crippen molar-refractivity contribution in [1.82, 2.24) is 5.32 Å². The second kappa shape index (κ2) is 6.57. The van der Waals surface area contributed by atoms with E-state index in [9.17, 15) is 4.79 Å². The van der Waals surface area contributed by atoms with Crippen LogP contribution < -0.4 is 20.7 Å². The van der Waals surface area contributed by atoms with Crippen LogP contribution in [0.4, 0.5) is 5.69 Å². The molecular formula is C15H20N2O3. The molecule has 1 unspecified atom stereocenters. The topological polar surface area (TPSA) is 50.8 Å². The molecule has 0 fully saturated rings. The predicted octanol–water partition coefficient (Wildman–Crippen LogP) is -0.654. The van der Waals surface area contributed by atoms with Gasteiger partial charge in [0.25, 0.3) is 0 Å². The van der Waals surface area contributed by atoms with Crippen LogP contribution in [0.15, 0.2) is 18.2 Å². The Hall–Kier alpha value is -1.81. The highest BCUT2D eigenvalue weighted by atomic mass is 16.5. The molecule has 1 aliphatic rings. The van der Waals surface area contributed by atoms with E-state index in [0.717, 1.165) is 30.4 Å². The van der Waals surface area contributed by atoms with E-state index in [2.05, 4.69) is 10.2 Å². The van der Waals surface area contributed by atoms with E-state index in [-0.39, 0.29) is 6.23 Å². The van der Waals surface area contributed by atoms with Crippen LogP contribution in [0.5, 0.6) is 0 Å². The number of methoxy groups -OCH3 is 2. The lowest BCUT2D eigenvalue weighted by atomic mass is 10.2. The van der Waals surface area contributed by atoms with Gasteiger partial charge in [0.2, 0.25) is 0 Å². The van der Waals surface area contributed by atoms with Crippen molar-refractivity contribution >= 4 is 17.4 Å². The van der Waals surface area contributed by atoms with E-state index in [1.165, 1.54) is 0 Å². The van der Waals surface area contributed by atoms with Crippen molar-refractivity contribution in [3.63, 3.8) is 0 Å². The number of carbonyl (C=O) groups excluding carboxylic acids is 1. The zero-order valence-electron chi connectivity index (χ0n) is 12.1. The molecule has 0 saturated carbocycles. The number of hydrogen-bond acceptors (Lipinski definition) is 5. The van der Waals surface area contributed by atoms with E-state index in [1.54, 1.807) is 20.3 Å². The van der Waals surface area contributed by atoms with E-state index >= 15 is 0 Å². The van der Waals surface area contributed by atoms with Crippen molar-refractivity contribution in [2.24, 2.45) is 0 Å². The third kappa shape index (κ3) is 2.43. The first-order valence-electron chi connectivity index (χ1n) is 6.64. The molecule has 0 amide bonds. The number of hydrogen-bond donors (Lipinski definition) is 1. The third-order valence-electron chi connectivity index (χ3n) is 3.48. The molecule has 108 valence electrons. The number of anilines is 1. The smallest absolute Gasteiger partial charge is 0.189 e. The molecule has 1 atom stereocenters. The average Bonchev–Trinajstić information content (AvgIpc) is 2.80. The summed E-state index contributed by atoms with van der Waals surface area (Å²) in [6, 6.07) is 5.58. The Kier molecular flexibility index (Phi) is 4.79. The number of rotatable bonds is 6. The van der Waals surface area contributed by atoms with Gasteiger partial charge in [0, 0.05) is 13.7 Å². The van der Waals surface area contributed by atoms with Crippen LogP contribution >= 0.6 is 0 Å². The maximum atomic E-state index is 11.1. The molecule has 2 rings (SSSR count). The minimum Gasteiger partial charge on any atom is -0.496 e. The van der Waals surface area contributed by atoms with Crippen molar-refractivity contribution in [1.29, 1.82) is 0 Å². The Morgan fingerprint density at radius 3 is 2.80 bits per heavy atom. The second-order valence-electron chi connectivity index (χ2n) is 4.61. The van der Waals surface area contributed by atoms with Crippen molar-refractivity contribution in [3.05, 3.63) is 28.6 Å². The number of ether oxygens (including phenoxy) is 2. The van der Waals surface area contributed by atoms with Gasteiger partial charge < -0.3 is 19.7 Å². The van der Waals surface area contributed by atoms with Crippen molar-refractivity contribution in [3.8, 4) is 0 Å². The molecule has 5 nitrogen and oxygen atoms in total. The van der Waals surface area contributed by atoms with Crippen LogP contribution in [0.3, 0.4) is 0 Å². The first-order chi connectivity index (χ1) is 9.78. The molecule has 0 aliphatic carbocycles. The minimum absolute atomic E-state index is 0.290. The molecule has 1 aliphatic heterocycles. The van der Waals surface area contributed by atoms with Crippen molar-refractivity contribution in [2.75, 3.05) is 39.3 Å². The van der Waals surface area contributed by atoms with Gasteiger partial charge >= 0.3 is 0 Å². The van der Waals surface area contributed by atoms with Gasteiger partial charge in [0.05, 0.1) is 23.2 Å². The van der Waals surface area contributed by atoms with Gasteiger partial charge in [0.1, 0.15) is 5.94 Å². The normalized spacial score (nSPS) is 17.1. The van der Waals surface area contributed by atoms with Crippen molar-refractivity contribution in [2.45, 2.75) is 12.6 Å². The number of nitrogens with zero attached hydrogens (tertiary/aromatic N) is 1. The van der Waals surface area contributed by atoms with E-state index in [1.807, 2.05) is 25.1 Å². The Bertz CT molecular complexity index is 608. The molecule has 20 heavy (non-hydrogen) atoms. The van der Waals surface area contributed by atoms with Gasteiger partial charge in [-0.25, -0.2) is 4.79 Å². The molecule has 0 saturated heterocycles. The predicted molar refractivity (Wildman–Crippen MR) is 77.6 cm³/mol. The van der Waals surface area contributed by atoms with Gasteiger partial charge in [-0.2, -0.15) is 0 Å². The van der Waals surface area contributed by atoms with Gasteiger partial charge in [-0.05, 0) is 32.1 Å². The molecule has 0 spiro atoms. The number of fused-ring (bicyclic) bond motifs is 1. The first-order valence-corrected chi connectivity index (χ1v) is 6.64. The van der Waals surface area contributed by atoms with E-state index < -0.39 is 0 Å². The Morgan fingerprint density at radius 2 is 2.20 bits per heavy atom. The second-order valence-corrected chi connectivity index (χ2v) is 4.61. The fourth-order valence-corrected chi connectivity index (χ4v) is 2.62. The summed E-state index contributed by atoms with van der Waals surface area (Å²) in [7, 11) is 5.17. The number of benzene rings is 1. The summed E-state index contributed by atoms with van der Waals surface area (Å²) in [5.41, 5.74) is 0.964. The van der Waals surface area contributed by atoms with E-state index in [4.69, 9.17) is 9.47 Å². The minimum atomic E-state index is -0.290. The van der Waals surface area contributed by atoms with Crippen LogP contribution in [-0.4, -0.2) is 46.5 Å². The molecule has 5 heteroatoms. The van der Waals surface area contributed by atoms with Crippen molar-refractivity contribution < 1.29 is 14.3 Å². The molecular weight excluding hydrogens is 256 g/mol. The molecule has 1 aromatic carbocycles. The lowest BCUT2D eigenvalue weighted by Crippen LogP contribution is -2.36. The van der Waals surface area contributed by atoms with Crippen LogP contribution in [0, 0.1) is 0 Å². The van der Waals surface area contributed by atoms with Gasteiger partial charge in [0.15, 0.2) is 12.0 Å². The molecule has 0 aromatic heterocycles. The summed E-state index contributed by atoms with van der Waals surface area (Å²) in [6.45, 7) is 1.74. The molecule has 1 heterocycles. The van der Waals surface area contributed by atoms with Crippen LogP contribution in [-0.2, 0) is 14.3 Å². The van der Waals surface area contributed by atoms with Gasteiger partial charge in [-0.15, -0.1) is 0 Å².